The molecule has 0 amide bonds. The van der Waals surface area contributed by atoms with Crippen LogP contribution in [0.25, 0.3) is 0 Å². The van der Waals surface area contributed by atoms with Gasteiger partial charge in [-0.3, -0.25) is 18.5 Å². The number of anilines is 1. The molecule has 1 saturated heterocycles. The highest BCUT2D eigenvalue weighted by Gasteiger charge is 2.37. The van der Waals surface area contributed by atoms with Crippen molar-refractivity contribution in [1.29, 1.82) is 0 Å². The fourth-order valence-electron chi connectivity index (χ4n) is 4.06. The summed E-state index contributed by atoms with van der Waals surface area (Å²) in [6.07, 6.45) is -0.636. The average molecular weight is 547 g/mol. The van der Waals surface area contributed by atoms with Gasteiger partial charge in [-0.15, -0.1) is 0 Å². The number of non-ortho nitro benzene ring substituents is 1. The zero-order chi connectivity index (χ0) is 26.8. The van der Waals surface area contributed by atoms with Gasteiger partial charge in [0.1, 0.15) is 0 Å². The highest BCUT2D eigenvalue weighted by atomic mass is 32.2. The number of nitrogens with zero attached hydrogens (tertiary/aromatic N) is 2. The van der Waals surface area contributed by atoms with Gasteiger partial charge in [0, 0.05) is 24.4 Å². The Labute approximate surface area is 215 Å². The van der Waals surface area contributed by atoms with E-state index in [0.29, 0.717) is 5.69 Å². The molecule has 0 bridgehead atoms. The highest BCUT2D eigenvalue weighted by molar-refractivity contribution is 7.87. The summed E-state index contributed by atoms with van der Waals surface area (Å²) in [5, 5.41) is 11.0. The first-order valence-corrected chi connectivity index (χ1v) is 14.2. The summed E-state index contributed by atoms with van der Waals surface area (Å²) in [6, 6.07) is 17.6. The minimum absolute atomic E-state index is 0.00716. The van der Waals surface area contributed by atoms with E-state index in [1.54, 1.807) is 29.2 Å². The van der Waals surface area contributed by atoms with Crippen molar-refractivity contribution in [3.63, 3.8) is 0 Å². The Bertz CT molecular complexity index is 1470. The van der Waals surface area contributed by atoms with E-state index in [2.05, 4.69) is 0 Å². The first kappa shape index (κ1) is 26.7. The third-order valence-corrected chi connectivity index (χ3v) is 8.74. The lowest BCUT2D eigenvalue weighted by Gasteiger charge is -2.26. The summed E-state index contributed by atoms with van der Waals surface area (Å²) >= 11 is 0. The molecule has 196 valence electrons. The molecular weight excluding hydrogens is 520 g/mol. The topological polar surface area (TPSA) is 133 Å². The van der Waals surface area contributed by atoms with Crippen LogP contribution < -0.4 is 4.90 Å². The number of benzene rings is 3. The van der Waals surface area contributed by atoms with E-state index < -0.39 is 37.3 Å². The minimum Gasteiger partial charge on any atom is -0.363 e. The number of aryl methyl sites for hydroxylation is 2. The van der Waals surface area contributed by atoms with Gasteiger partial charge in [0.05, 0.1) is 33.5 Å². The molecule has 4 rings (SSSR count). The van der Waals surface area contributed by atoms with E-state index in [-0.39, 0.29) is 35.1 Å². The van der Waals surface area contributed by atoms with Gasteiger partial charge in [0.15, 0.2) is 0 Å². The van der Waals surface area contributed by atoms with Crippen LogP contribution in [0.1, 0.15) is 17.5 Å². The van der Waals surface area contributed by atoms with Crippen LogP contribution in [0.2, 0.25) is 0 Å². The Kier molecular flexibility index (Phi) is 7.64. The van der Waals surface area contributed by atoms with Crippen molar-refractivity contribution in [2.75, 3.05) is 18.1 Å². The summed E-state index contributed by atoms with van der Waals surface area (Å²) in [5.74, 6) is 0. The molecule has 3 aromatic carbocycles. The molecule has 37 heavy (non-hydrogen) atoms. The second kappa shape index (κ2) is 10.6. The van der Waals surface area contributed by atoms with E-state index in [0.717, 1.165) is 11.1 Å². The Morgan fingerprint density at radius 2 is 1.35 bits per heavy atom. The van der Waals surface area contributed by atoms with Gasteiger partial charge in [-0.2, -0.15) is 16.8 Å². The molecule has 1 heterocycles. The molecular formula is C25H26N2O8S2. The standard InChI is InChI=1S/C25H26N2O8S2/c1-18-3-11-24(12-4-18)36(30,31)34-17-22-15-23(35-37(32,33)25-13-5-19(2)6-14-25)16-26(22)20-7-9-21(10-8-20)27(28)29/h3-14,22-23H,15-17H2,1-2H3/t22-,23+/m0/s1. The molecule has 3 aromatic rings. The lowest BCUT2D eigenvalue weighted by molar-refractivity contribution is -0.384. The van der Waals surface area contributed by atoms with Crippen molar-refractivity contribution in [2.24, 2.45) is 0 Å². The maximum absolute atomic E-state index is 12.9. The zero-order valence-electron chi connectivity index (χ0n) is 20.2. The maximum Gasteiger partial charge on any atom is 0.297 e. The summed E-state index contributed by atoms with van der Waals surface area (Å²) in [6.45, 7) is 3.52. The van der Waals surface area contributed by atoms with Crippen molar-refractivity contribution in [1.82, 2.24) is 0 Å². The molecule has 1 fully saturated rings. The Balaban J connectivity index is 1.55. The molecule has 1 aliphatic rings. The summed E-state index contributed by atoms with van der Waals surface area (Å²) in [5.41, 5.74) is 2.24. The molecule has 0 radical (unpaired) electrons. The first-order valence-electron chi connectivity index (χ1n) is 11.4. The number of nitro groups is 1. The van der Waals surface area contributed by atoms with Gasteiger partial charge in [0.25, 0.3) is 25.9 Å². The lowest BCUT2D eigenvalue weighted by Crippen LogP contribution is -2.34. The smallest absolute Gasteiger partial charge is 0.297 e. The number of nitro benzene ring substituents is 1. The number of rotatable bonds is 9. The molecule has 10 nitrogen and oxygen atoms in total. The summed E-state index contributed by atoms with van der Waals surface area (Å²) in [7, 11) is -8.14. The second-order valence-electron chi connectivity index (χ2n) is 8.85. The normalized spacial score (nSPS) is 18.2. The molecule has 2 atom stereocenters. The van der Waals surface area contributed by atoms with Gasteiger partial charge >= 0.3 is 0 Å². The fourth-order valence-corrected chi connectivity index (χ4v) is 6.08. The van der Waals surface area contributed by atoms with Gasteiger partial charge in [0.2, 0.25) is 0 Å². The highest BCUT2D eigenvalue weighted by Crippen LogP contribution is 2.31. The summed E-state index contributed by atoms with van der Waals surface area (Å²) in [4.78, 5) is 12.3. The van der Waals surface area contributed by atoms with Crippen molar-refractivity contribution >= 4 is 31.6 Å². The minimum atomic E-state index is -4.07. The summed E-state index contributed by atoms with van der Waals surface area (Å²) < 4.78 is 62.1. The molecule has 0 aliphatic carbocycles. The van der Waals surface area contributed by atoms with E-state index in [9.17, 15) is 26.9 Å². The third-order valence-electron chi connectivity index (χ3n) is 6.07. The van der Waals surface area contributed by atoms with Crippen LogP contribution in [0.5, 0.6) is 0 Å². The first-order chi connectivity index (χ1) is 17.4. The van der Waals surface area contributed by atoms with Crippen molar-refractivity contribution in [2.45, 2.75) is 42.2 Å². The van der Waals surface area contributed by atoms with Crippen LogP contribution in [0.15, 0.2) is 82.6 Å². The van der Waals surface area contributed by atoms with Crippen LogP contribution in [-0.2, 0) is 28.6 Å². The Morgan fingerprint density at radius 1 is 0.838 bits per heavy atom. The van der Waals surface area contributed by atoms with Gasteiger partial charge < -0.3 is 4.90 Å². The molecule has 0 unspecified atom stereocenters. The van der Waals surface area contributed by atoms with E-state index >= 15 is 0 Å². The fraction of sp³-hybridized carbons (Fsp3) is 0.280. The van der Waals surface area contributed by atoms with Crippen LogP contribution in [0.3, 0.4) is 0 Å². The van der Waals surface area contributed by atoms with Crippen molar-refractivity contribution in [3.05, 3.63) is 94.0 Å². The van der Waals surface area contributed by atoms with Crippen LogP contribution in [-0.4, -0.2) is 47.1 Å². The molecule has 0 spiro atoms. The van der Waals surface area contributed by atoms with E-state index in [1.165, 1.54) is 48.5 Å². The molecule has 12 heteroatoms. The third kappa shape index (κ3) is 6.34. The largest absolute Gasteiger partial charge is 0.363 e. The molecule has 0 N–H and O–H groups in total. The zero-order valence-corrected chi connectivity index (χ0v) is 21.8. The predicted molar refractivity (Wildman–Crippen MR) is 136 cm³/mol. The SMILES string of the molecule is Cc1ccc(S(=O)(=O)OC[C@@H]2C[C@@H](OS(=O)(=O)c3ccc(C)cc3)CN2c2ccc([N+](=O)[O-])cc2)cc1. The molecule has 0 aromatic heterocycles. The Morgan fingerprint density at radius 3 is 1.86 bits per heavy atom. The molecule has 1 aliphatic heterocycles. The number of hydrogen-bond acceptors (Lipinski definition) is 9. The van der Waals surface area contributed by atoms with E-state index in [4.69, 9.17) is 8.37 Å². The van der Waals surface area contributed by atoms with Crippen LogP contribution >= 0.6 is 0 Å². The van der Waals surface area contributed by atoms with Gasteiger partial charge in [-0.05, 0) is 56.7 Å². The Hall–Kier alpha value is -3.32. The van der Waals surface area contributed by atoms with Crippen molar-refractivity contribution in [3.8, 4) is 0 Å². The predicted octanol–water partition coefficient (Wildman–Crippen LogP) is 3.97. The average Bonchev–Trinajstić information content (AvgIpc) is 3.25. The monoisotopic (exact) mass is 546 g/mol. The second-order valence-corrected chi connectivity index (χ2v) is 12.0. The van der Waals surface area contributed by atoms with Crippen LogP contribution in [0, 0.1) is 24.0 Å². The van der Waals surface area contributed by atoms with E-state index in [1.807, 2.05) is 13.8 Å². The lowest BCUT2D eigenvalue weighted by atomic mass is 10.2. The quantitative estimate of drug-likeness (QED) is 0.222. The molecule has 0 saturated carbocycles. The van der Waals surface area contributed by atoms with Crippen molar-refractivity contribution < 1.29 is 30.1 Å². The van der Waals surface area contributed by atoms with Crippen LogP contribution in [0.4, 0.5) is 11.4 Å². The maximum atomic E-state index is 12.9. The van der Waals surface area contributed by atoms with Gasteiger partial charge in [-0.25, -0.2) is 0 Å². The van der Waals surface area contributed by atoms with Gasteiger partial charge in [-0.1, -0.05) is 35.4 Å². The number of hydrogen-bond donors (Lipinski definition) is 0.